The molecule has 0 atom stereocenters. The summed E-state index contributed by atoms with van der Waals surface area (Å²) >= 11 is 0. The Bertz CT molecular complexity index is 676. The first-order chi connectivity index (χ1) is 10.2. The second-order valence-corrected chi connectivity index (χ2v) is 4.37. The van der Waals surface area contributed by atoms with E-state index >= 15 is 0 Å². The SMILES string of the molecule is O=C(CCc1cn[nH]n1)ON1C(=O)c2ccccc2C1=O. The first-order valence-corrected chi connectivity index (χ1v) is 6.20. The molecule has 21 heavy (non-hydrogen) atoms. The van der Waals surface area contributed by atoms with E-state index in [1.807, 2.05) is 0 Å². The predicted octanol–water partition coefficient (Wildman–Crippen LogP) is 0.492. The first-order valence-electron chi connectivity index (χ1n) is 6.20. The van der Waals surface area contributed by atoms with Gasteiger partial charge in [0.2, 0.25) is 0 Å². The number of aromatic nitrogens is 3. The fourth-order valence-corrected chi connectivity index (χ4v) is 1.97. The number of fused-ring (bicyclic) bond motifs is 1. The lowest BCUT2D eigenvalue weighted by atomic mass is 10.1. The molecule has 2 amide bonds. The number of hydrogen-bond acceptors (Lipinski definition) is 6. The van der Waals surface area contributed by atoms with E-state index in [0.29, 0.717) is 17.2 Å². The number of H-pyrrole nitrogens is 1. The van der Waals surface area contributed by atoms with Gasteiger partial charge in [-0.1, -0.05) is 17.2 Å². The van der Waals surface area contributed by atoms with Crippen LogP contribution in [-0.4, -0.2) is 38.3 Å². The molecule has 1 aromatic carbocycles. The number of hydrogen-bond donors (Lipinski definition) is 1. The maximum absolute atomic E-state index is 12.0. The Morgan fingerprint density at radius 1 is 1.19 bits per heavy atom. The molecule has 0 unspecified atom stereocenters. The van der Waals surface area contributed by atoms with Crippen LogP contribution in [0.5, 0.6) is 0 Å². The smallest absolute Gasteiger partial charge is 0.330 e. The third-order valence-corrected chi connectivity index (χ3v) is 3.00. The van der Waals surface area contributed by atoms with Crippen LogP contribution >= 0.6 is 0 Å². The lowest BCUT2D eigenvalue weighted by Gasteiger charge is -2.12. The molecular weight excluding hydrogens is 276 g/mol. The van der Waals surface area contributed by atoms with Gasteiger partial charge >= 0.3 is 5.97 Å². The molecule has 0 bridgehead atoms. The molecule has 2 heterocycles. The minimum atomic E-state index is -0.687. The molecule has 1 aromatic heterocycles. The highest BCUT2D eigenvalue weighted by Gasteiger charge is 2.38. The Morgan fingerprint density at radius 3 is 2.43 bits per heavy atom. The number of aromatic amines is 1. The molecule has 0 spiro atoms. The lowest BCUT2D eigenvalue weighted by Crippen LogP contribution is -2.32. The fraction of sp³-hybridized carbons (Fsp3) is 0.154. The van der Waals surface area contributed by atoms with Crippen molar-refractivity contribution in [2.45, 2.75) is 12.8 Å². The monoisotopic (exact) mass is 286 g/mol. The number of imide groups is 1. The van der Waals surface area contributed by atoms with Crippen molar-refractivity contribution in [3.05, 3.63) is 47.3 Å². The van der Waals surface area contributed by atoms with Gasteiger partial charge in [-0.3, -0.25) is 9.59 Å². The van der Waals surface area contributed by atoms with E-state index in [4.69, 9.17) is 4.84 Å². The molecule has 0 saturated carbocycles. The van der Waals surface area contributed by atoms with Crippen molar-refractivity contribution in [2.75, 3.05) is 0 Å². The minimum absolute atomic E-state index is 0.0139. The van der Waals surface area contributed by atoms with Crippen LogP contribution in [0.4, 0.5) is 0 Å². The Hall–Kier alpha value is -3.03. The van der Waals surface area contributed by atoms with E-state index in [9.17, 15) is 14.4 Å². The number of nitrogens with one attached hydrogen (secondary N) is 1. The van der Waals surface area contributed by atoms with Crippen LogP contribution in [0.2, 0.25) is 0 Å². The lowest BCUT2D eigenvalue weighted by molar-refractivity contribution is -0.168. The van der Waals surface area contributed by atoms with Crippen molar-refractivity contribution in [1.82, 2.24) is 20.5 Å². The molecule has 8 heteroatoms. The van der Waals surface area contributed by atoms with Crippen LogP contribution in [0.15, 0.2) is 30.5 Å². The average Bonchev–Trinajstić information content (AvgIpc) is 3.09. The van der Waals surface area contributed by atoms with Crippen LogP contribution in [0, 0.1) is 0 Å². The van der Waals surface area contributed by atoms with Crippen LogP contribution in [0.1, 0.15) is 32.8 Å². The van der Waals surface area contributed by atoms with E-state index in [1.54, 1.807) is 12.1 Å². The summed E-state index contributed by atoms with van der Waals surface area (Å²) in [5, 5.41) is 10.3. The molecule has 0 saturated heterocycles. The quantitative estimate of drug-likeness (QED) is 0.820. The summed E-state index contributed by atoms with van der Waals surface area (Å²) in [6, 6.07) is 6.30. The third-order valence-electron chi connectivity index (χ3n) is 3.00. The van der Waals surface area contributed by atoms with Gasteiger partial charge in [0.05, 0.1) is 29.4 Å². The van der Waals surface area contributed by atoms with Crippen LogP contribution in [0.25, 0.3) is 0 Å². The molecule has 0 aliphatic carbocycles. The standard InChI is InChI=1S/C13H10N4O4/c18-11(6-5-8-7-14-16-15-8)21-17-12(19)9-3-1-2-4-10(9)13(17)20/h1-4,7H,5-6H2,(H,14,15,16). The fourth-order valence-electron chi connectivity index (χ4n) is 1.97. The average molecular weight is 286 g/mol. The number of amides is 2. The van der Waals surface area contributed by atoms with Gasteiger partial charge in [-0.2, -0.15) is 15.4 Å². The van der Waals surface area contributed by atoms with E-state index in [-0.39, 0.29) is 17.5 Å². The minimum Gasteiger partial charge on any atom is -0.330 e. The zero-order valence-corrected chi connectivity index (χ0v) is 10.8. The van der Waals surface area contributed by atoms with Crippen LogP contribution in [0.3, 0.4) is 0 Å². The normalized spacial score (nSPS) is 13.4. The maximum atomic E-state index is 12.0. The number of carbonyl (C=O) groups excluding carboxylic acids is 3. The highest BCUT2D eigenvalue weighted by atomic mass is 16.7. The number of hydroxylamine groups is 2. The van der Waals surface area contributed by atoms with Gasteiger partial charge in [0.15, 0.2) is 0 Å². The summed E-state index contributed by atoms with van der Waals surface area (Å²) in [7, 11) is 0. The summed E-state index contributed by atoms with van der Waals surface area (Å²) in [6.07, 6.45) is 1.77. The molecular formula is C13H10N4O4. The largest absolute Gasteiger partial charge is 0.333 e. The number of rotatable bonds is 4. The third kappa shape index (κ3) is 2.38. The van der Waals surface area contributed by atoms with Crippen molar-refractivity contribution < 1.29 is 19.2 Å². The molecule has 0 radical (unpaired) electrons. The summed E-state index contributed by atoms with van der Waals surface area (Å²) < 4.78 is 0. The molecule has 2 aromatic rings. The topological polar surface area (TPSA) is 105 Å². The molecule has 3 rings (SSSR count). The highest BCUT2D eigenvalue weighted by molar-refractivity contribution is 6.20. The van der Waals surface area contributed by atoms with Gasteiger partial charge in [0.25, 0.3) is 11.8 Å². The second kappa shape index (κ2) is 5.16. The Kier molecular flexibility index (Phi) is 3.19. The first kappa shape index (κ1) is 13.0. The summed E-state index contributed by atoms with van der Waals surface area (Å²) in [5.74, 6) is -1.96. The number of carbonyl (C=O) groups is 3. The number of aryl methyl sites for hydroxylation is 1. The highest BCUT2D eigenvalue weighted by Crippen LogP contribution is 2.22. The molecule has 1 N–H and O–H groups in total. The van der Waals surface area contributed by atoms with Gasteiger partial charge in [-0.25, -0.2) is 4.79 Å². The molecule has 1 aliphatic heterocycles. The summed E-state index contributed by atoms with van der Waals surface area (Å²) in [6.45, 7) is 0. The predicted molar refractivity (Wildman–Crippen MR) is 67.7 cm³/mol. The maximum Gasteiger partial charge on any atom is 0.333 e. The molecule has 106 valence electrons. The summed E-state index contributed by atoms with van der Waals surface area (Å²) in [4.78, 5) is 40.5. The van der Waals surface area contributed by atoms with Gasteiger partial charge in [0.1, 0.15) is 0 Å². The Balaban J connectivity index is 1.65. The molecule has 1 aliphatic rings. The van der Waals surface area contributed by atoms with Crippen molar-refractivity contribution in [1.29, 1.82) is 0 Å². The van der Waals surface area contributed by atoms with Gasteiger partial charge in [0, 0.05) is 6.42 Å². The van der Waals surface area contributed by atoms with E-state index in [2.05, 4.69) is 15.4 Å². The van der Waals surface area contributed by atoms with E-state index in [1.165, 1.54) is 18.3 Å². The number of nitrogens with zero attached hydrogens (tertiary/aromatic N) is 3. The van der Waals surface area contributed by atoms with Gasteiger partial charge < -0.3 is 4.84 Å². The molecule has 0 fully saturated rings. The Labute approximate surface area is 118 Å². The van der Waals surface area contributed by atoms with E-state index in [0.717, 1.165) is 0 Å². The van der Waals surface area contributed by atoms with Crippen molar-refractivity contribution >= 4 is 17.8 Å². The van der Waals surface area contributed by atoms with Crippen LogP contribution in [-0.2, 0) is 16.1 Å². The Morgan fingerprint density at radius 2 is 1.86 bits per heavy atom. The van der Waals surface area contributed by atoms with Crippen LogP contribution < -0.4 is 0 Å². The van der Waals surface area contributed by atoms with Gasteiger partial charge in [-0.15, -0.1) is 0 Å². The molecule has 8 nitrogen and oxygen atoms in total. The second-order valence-electron chi connectivity index (χ2n) is 4.37. The van der Waals surface area contributed by atoms with Crippen molar-refractivity contribution in [3.63, 3.8) is 0 Å². The van der Waals surface area contributed by atoms with Gasteiger partial charge in [-0.05, 0) is 12.1 Å². The zero-order chi connectivity index (χ0) is 14.8. The summed E-state index contributed by atoms with van der Waals surface area (Å²) in [5.41, 5.74) is 1.05. The zero-order valence-electron chi connectivity index (χ0n) is 10.8. The van der Waals surface area contributed by atoms with E-state index < -0.39 is 17.8 Å². The number of benzene rings is 1. The van der Waals surface area contributed by atoms with Crippen molar-refractivity contribution in [3.8, 4) is 0 Å². The van der Waals surface area contributed by atoms with Crippen molar-refractivity contribution in [2.24, 2.45) is 0 Å².